The fourth-order valence-electron chi connectivity index (χ4n) is 2.46. The fourth-order valence-corrected chi connectivity index (χ4v) is 2.46. The van der Waals surface area contributed by atoms with Crippen molar-refractivity contribution in [3.63, 3.8) is 0 Å². The molecule has 0 bridgehead atoms. The Bertz CT molecular complexity index is 911. The highest BCUT2D eigenvalue weighted by molar-refractivity contribution is 5.81. The van der Waals surface area contributed by atoms with Gasteiger partial charge in [0.2, 0.25) is 0 Å². The molecule has 3 rings (SSSR count). The zero-order valence-corrected chi connectivity index (χ0v) is 11.5. The Kier molecular flexibility index (Phi) is 3.48. The van der Waals surface area contributed by atoms with Crippen molar-refractivity contribution in [1.82, 2.24) is 9.78 Å². The maximum atomic E-state index is 12.0. The molecule has 7 heteroatoms. The third-order valence-electron chi connectivity index (χ3n) is 3.58. The lowest BCUT2D eigenvalue weighted by Crippen LogP contribution is -2.08. The van der Waals surface area contributed by atoms with Crippen molar-refractivity contribution >= 4 is 16.6 Å². The predicted octanol–water partition coefficient (Wildman–Crippen LogP) is 1.78. The minimum atomic E-state index is -0.530. The first-order valence-electron chi connectivity index (χ1n) is 6.65. The third-order valence-corrected chi connectivity index (χ3v) is 3.58. The molecule has 0 unspecified atom stereocenters. The number of hydrogen-bond acceptors (Lipinski definition) is 4. The fraction of sp³-hybridized carbons (Fsp3) is 0.133. The summed E-state index contributed by atoms with van der Waals surface area (Å²) < 4.78 is 1.62. The van der Waals surface area contributed by atoms with Crippen molar-refractivity contribution in [1.29, 1.82) is 0 Å². The van der Waals surface area contributed by atoms with E-state index >= 15 is 0 Å². The summed E-state index contributed by atoms with van der Waals surface area (Å²) in [6.45, 7) is 0.276. The van der Waals surface area contributed by atoms with Crippen LogP contribution in [-0.2, 0) is 13.2 Å². The van der Waals surface area contributed by atoms with E-state index in [9.17, 15) is 20.0 Å². The van der Waals surface area contributed by atoms with Gasteiger partial charge in [-0.3, -0.25) is 24.7 Å². The molecule has 22 heavy (non-hydrogen) atoms. The van der Waals surface area contributed by atoms with Gasteiger partial charge < -0.3 is 5.11 Å². The van der Waals surface area contributed by atoms with Crippen LogP contribution in [0.25, 0.3) is 10.9 Å². The smallest absolute Gasteiger partial charge is 0.272 e. The van der Waals surface area contributed by atoms with E-state index in [1.165, 1.54) is 12.1 Å². The van der Waals surface area contributed by atoms with E-state index in [2.05, 4.69) is 5.10 Å². The highest BCUT2D eigenvalue weighted by Crippen LogP contribution is 2.19. The first-order chi connectivity index (χ1) is 10.6. The maximum Gasteiger partial charge on any atom is 0.272 e. The number of nitrogens with zero attached hydrogens (tertiary/aromatic N) is 2. The van der Waals surface area contributed by atoms with Gasteiger partial charge in [0.1, 0.15) is 0 Å². The normalized spacial score (nSPS) is 11.0. The SMILES string of the molecule is O=c1[nH]n(Cc2ccccc2CO)c2ccc([N+](=O)[O-])cc12. The molecule has 0 spiro atoms. The van der Waals surface area contributed by atoms with Crippen LogP contribution in [0.4, 0.5) is 5.69 Å². The molecule has 0 fully saturated rings. The van der Waals surface area contributed by atoms with Crippen LogP contribution in [0.1, 0.15) is 11.1 Å². The summed E-state index contributed by atoms with van der Waals surface area (Å²) in [5, 5.41) is 23.1. The summed E-state index contributed by atoms with van der Waals surface area (Å²) in [5.41, 5.74) is 1.73. The van der Waals surface area contributed by atoms with E-state index in [0.29, 0.717) is 12.1 Å². The summed E-state index contributed by atoms with van der Waals surface area (Å²) in [4.78, 5) is 22.2. The van der Waals surface area contributed by atoms with Gasteiger partial charge in [0.05, 0.1) is 29.0 Å². The number of aromatic nitrogens is 2. The molecule has 2 N–H and O–H groups in total. The first-order valence-corrected chi connectivity index (χ1v) is 6.65. The molecule has 0 saturated carbocycles. The van der Waals surface area contributed by atoms with Gasteiger partial charge >= 0.3 is 0 Å². The maximum absolute atomic E-state index is 12.0. The molecule has 0 radical (unpaired) electrons. The first kappa shape index (κ1) is 14.0. The Morgan fingerprint density at radius 1 is 1.18 bits per heavy atom. The second-order valence-corrected chi connectivity index (χ2v) is 4.91. The highest BCUT2D eigenvalue weighted by atomic mass is 16.6. The number of fused-ring (bicyclic) bond motifs is 1. The van der Waals surface area contributed by atoms with E-state index in [0.717, 1.165) is 11.1 Å². The highest BCUT2D eigenvalue weighted by Gasteiger charge is 2.13. The summed E-state index contributed by atoms with van der Waals surface area (Å²) in [7, 11) is 0. The standard InChI is InChI=1S/C15H13N3O4/c19-9-11-4-2-1-3-10(11)8-17-14-6-5-12(18(21)22)7-13(14)15(20)16-17/h1-7,19H,8-9H2,(H,16,20). The van der Waals surface area contributed by atoms with Crippen LogP contribution < -0.4 is 5.56 Å². The van der Waals surface area contributed by atoms with E-state index < -0.39 is 4.92 Å². The molecular weight excluding hydrogens is 286 g/mol. The number of aliphatic hydroxyl groups is 1. The molecule has 1 heterocycles. The lowest BCUT2D eigenvalue weighted by molar-refractivity contribution is -0.384. The Hall–Kier alpha value is -2.93. The molecule has 2 aromatic carbocycles. The monoisotopic (exact) mass is 299 g/mol. The molecule has 0 aliphatic carbocycles. The van der Waals surface area contributed by atoms with Gasteiger partial charge in [-0.2, -0.15) is 0 Å². The molecule has 0 atom stereocenters. The molecule has 3 aromatic rings. The molecular formula is C15H13N3O4. The molecule has 0 aliphatic rings. The van der Waals surface area contributed by atoms with Crippen molar-refractivity contribution < 1.29 is 10.0 Å². The van der Waals surface area contributed by atoms with Crippen molar-refractivity contribution in [3.05, 3.63) is 74.1 Å². The van der Waals surface area contributed by atoms with E-state index in [1.54, 1.807) is 10.7 Å². The Morgan fingerprint density at radius 3 is 2.59 bits per heavy atom. The Balaban J connectivity index is 2.09. The molecule has 1 aromatic heterocycles. The number of rotatable bonds is 4. The number of non-ortho nitro benzene ring substituents is 1. The molecule has 7 nitrogen and oxygen atoms in total. The van der Waals surface area contributed by atoms with E-state index in [-0.39, 0.29) is 23.2 Å². The van der Waals surface area contributed by atoms with Crippen LogP contribution in [0.15, 0.2) is 47.3 Å². The second kappa shape index (κ2) is 5.45. The van der Waals surface area contributed by atoms with Crippen molar-refractivity contribution in [3.8, 4) is 0 Å². The number of H-pyrrole nitrogens is 1. The van der Waals surface area contributed by atoms with Crippen molar-refractivity contribution in [2.45, 2.75) is 13.2 Å². The van der Waals surface area contributed by atoms with E-state index in [1.807, 2.05) is 24.3 Å². The summed E-state index contributed by atoms with van der Waals surface area (Å²) in [6.07, 6.45) is 0. The van der Waals surface area contributed by atoms with Gasteiger partial charge in [-0.25, -0.2) is 0 Å². The van der Waals surface area contributed by atoms with Crippen LogP contribution in [0.5, 0.6) is 0 Å². The number of benzene rings is 2. The van der Waals surface area contributed by atoms with Gasteiger partial charge in [-0.05, 0) is 17.2 Å². The number of nitrogens with one attached hydrogen (secondary N) is 1. The minimum absolute atomic E-state index is 0.0922. The molecule has 0 amide bonds. The van der Waals surface area contributed by atoms with Crippen LogP contribution in [0, 0.1) is 10.1 Å². The van der Waals surface area contributed by atoms with Crippen molar-refractivity contribution in [2.24, 2.45) is 0 Å². The Labute approximate surface area is 124 Å². The summed E-state index contributed by atoms with van der Waals surface area (Å²) in [5.74, 6) is 0. The number of nitro groups is 1. The number of hydrogen-bond donors (Lipinski definition) is 2. The van der Waals surface area contributed by atoms with E-state index in [4.69, 9.17) is 0 Å². The number of aromatic amines is 1. The number of nitro benzene ring substituents is 1. The second-order valence-electron chi connectivity index (χ2n) is 4.91. The van der Waals surface area contributed by atoms with Gasteiger partial charge in [-0.15, -0.1) is 0 Å². The predicted molar refractivity (Wildman–Crippen MR) is 80.7 cm³/mol. The van der Waals surface area contributed by atoms with Crippen LogP contribution in [0.2, 0.25) is 0 Å². The quantitative estimate of drug-likeness (QED) is 0.566. The van der Waals surface area contributed by atoms with Gasteiger partial charge in [0, 0.05) is 12.1 Å². The van der Waals surface area contributed by atoms with Crippen LogP contribution in [0.3, 0.4) is 0 Å². The Morgan fingerprint density at radius 2 is 1.91 bits per heavy atom. The largest absolute Gasteiger partial charge is 0.392 e. The van der Waals surface area contributed by atoms with Crippen molar-refractivity contribution in [2.75, 3.05) is 0 Å². The van der Waals surface area contributed by atoms with Gasteiger partial charge in [-0.1, -0.05) is 24.3 Å². The van der Waals surface area contributed by atoms with Crippen LogP contribution >= 0.6 is 0 Å². The lowest BCUT2D eigenvalue weighted by Gasteiger charge is -2.09. The average Bonchev–Trinajstić information content (AvgIpc) is 2.83. The summed E-state index contributed by atoms with van der Waals surface area (Å²) in [6, 6.07) is 11.5. The third kappa shape index (κ3) is 2.38. The lowest BCUT2D eigenvalue weighted by atomic mass is 10.1. The number of aliphatic hydroxyl groups excluding tert-OH is 1. The molecule has 112 valence electrons. The minimum Gasteiger partial charge on any atom is -0.392 e. The molecule has 0 saturated heterocycles. The van der Waals surface area contributed by atoms with Gasteiger partial charge in [0.25, 0.3) is 11.2 Å². The van der Waals surface area contributed by atoms with Crippen LogP contribution in [-0.4, -0.2) is 19.8 Å². The average molecular weight is 299 g/mol. The molecule has 0 aliphatic heterocycles. The zero-order valence-electron chi connectivity index (χ0n) is 11.5. The summed E-state index contributed by atoms with van der Waals surface area (Å²) >= 11 is 0. The topological polar surface area (TPSA) is 101 Å². The van der Waals surface area contributed by atoms with Gasteiger partial charge in [0.15, 0.2) is 0 Å². The zero-order chi connectivity index (χ0) is 15.7.